The predicted molar refractivity (Wildman–Crippen MR) is 80.0 cm³/mol. The van der Waals surface area contributed by atoms with Crippen molar-refractivity contribution in [2.24, 2.45) is 0 Å². The van der Waals surface area contributed by atoms with Crippen molar-refractivity contribution in [3.63, 3.8) is 0 Å². The van der Waals surface area contributed by atoms with Crippen LogP contribution >= 0.6 is 11.6 Å². The Morgan fingerprint density at radius 2 is 1.41 bits per heavy atom. The second-order valence-electron chi connectivity index (χ2n) is 5.06. The van der Waals surface area contributed by atoms with Crippen LogP contribution in [0.15, 0.2) is 0 Å². The smallest absolute Gasteiger partial charge is 0.0460 e. The van der Waals surface area contributed by atoms with Crippen LogP contribution in [-0.2, 0) is 0 Å². The van der Waals surface area contributed by atoms with Crippen LogP contribution in [0.5, 0.6) is 0 Å². The first-order chi connectivity index (χ1) is 8.31. The second kappa shape index (κ2) is 14.3. The van der Waals surface area contributed by atoms with Crippen LogP contribution in [0.2, 0.25) is 0 Å². The first-order valence-electron chi connectivity index (χ1n) is 7.66. The first kappa shape index (κ1) is 17.2. The van der Waals surface area contributed by atoms with Crippen molar-refractivity contribution in [3.8, 4) is 0 Å². The van der Waals surface area contributed by atoms with Crippen LogP contribution < -0.4 is 5.32 Å². The Kier molecular flexibility index (Phi) is 14.5. The number of nitrogens with one attached hydrogen (secondary N) is 1. The summed E-state index contributed by atoms with van der Waals surface area (Å²) < 4.78 is 0. The van der Waals surface area contributed by atoms with Gasteiger partial charge in [0.15, 0.2) is 0 Å². The lowest BCUT2D eigenvalue weighted by Crippen LogP contribution is -2.24. The van der Waals surface area contributed by atoms with Crippen molar-refractivity contribution in [3.05, 3.63) is 0 Å². The molecule has 0 aliphatic carbocycles. The Hall–Kier alpha value is 0.250. The average Bonchev–Trinajstić information content (AvgIpc) is 2.32. The third-order valence-electron chi connectivity index (χ3n) is 3.17. The third kappa shape index (κ3) is 14.2. The Morgan fingerprint density at radius 1 is 0.824 bits per heavy atom. The van der Waals surface area contributed by atoms with Gasteiger partial charge in [-0.25, -0.2) is 0 Å². The van der Waals surface area contributed by atoms with E-state index in [1.807, 2.05) is 0 Å². The van der Waals surface area contributed by atoms with Crippen LogP contribution in [0.3, 0.4) is 0 Å². The standard InChI is InChI=1S/C15H32ClN/c1-3-5-6-7-8-9-10-11-13-17-14-15(16)12-4-2/h15,17H,3-14H2,1-2H3. The Labute approximate surface area is 114 Å². The van der Waals surface area contributed by atoms with Gasteiger partial charge in [-0.2, -0.15) is 0 Å². The van der Waals surface area contributed by atoms with E-state index in [1.165, 1.54) is 57.8 Å². The highest BCUT2D eigenvalue weighted by Crippen LogP contribution is 2.08. The lowest BCUT2D eigenvalue weighted by Gasteiger charge is -2.09. The summed E-state index contributed by atoms with van der Waals surface area (Å²) in [4.78, 5) is 0. The molecule has 0 aromatic rings. The molecule has 1 unspecified atom stereocenters. The zero-order valence-corrected chi connectivity index (χ0v) is 12.7. The van der Waals surface area contributed by atoms with Gasteiger partial charge in [-0.15, -0.1) is 11.6 Å². The number of unbranched alkanes of at least 4 members (excludes halogenated alkanes) is 7. The molecule has 0 rings (SSSR count). The van der Waals surface area contributed by atoms with E-state index in [0.29, 0.717) is 5.38 Å². The normalized spacial score (nSPS) is 12.9. The van der Waals surface area contributed by atoms with Crippen molar-refractivity contribution in [2.45, 2.75) is 83.4 Å². The Bertz CT molecular complexity index is 139. The number of hydrogen-bond acceptors (Lipinski definition) is 1. The fraction of sp³-hybridized carbons (Fsp3) is 1.00. The maximum atomic E-state index is 6.13. The molecule has 1 N–H and O–H groups in total. The second-order valence-corrected chi connectivity index (χ2v) is 5.68. The highest BCUT2D eigenvalue weighted by atomic mass is 35.5. The molecule has 0 fully saturated rings. The molecule has 0 heterocycles. The SMILES string of the molecule is CCCCCCCCCCNCC(Cl)CCC. The van der Waals surface area contributed by atoms with E-state index in [1.54, 1.807) is 0 Å². The van der Waals surface area contributed by atoms with Gasteiger partial charge in [0.05, 0.1) is 0 Å². The van der Waals surface area contributed by atoms with E-state index in [2.05, 4.69) is 19.2 Å². The van der Waals surface area contributed by atoms with Crippen molar-refractivity contribution in [1.29, 1.82) is 0 Å². The summed E-state index contributed by atoms with van der Waals surface area (Å²) in [6.07, 6.45) is 13.5. The highest BCUT2D eigenvalue weighted by Gasteiger charge is 2.01. The summed E-state index contributed by atoms with van der Waals surface area (Å²) in [6.45, 7) is 6.58. The molecule has 0 saturated heterocycles. The Morgan fingerprint density at radius 3 is 2.00 bits per heavy atom. The zero-order chi connectivity index (χ0) is 12.8. The summed E-state index contributed by atoms with van der Waals surface area (Å²) in [5, 5.41) is 3.78. The maximum Gasteiger partial charge on any atom is 0.0460 e. The van der Waals surface area contributed by atoms with Gasteiger partial charge in [0.25, 0.3) is 0 Å². The van der Waals surface area contributed by atoms with Gasteiger partial charge in [0.2, 0.25) is 0 Å². The molecule has 2 heteroatoms. The first-order valence-corrected chi connectivity index (χ1v) is 8.09. The minimum Gasteiger partial charge on any atom is -0.315 e. The van der Waals surface area contributed by atoms with Crippen molar-refractivity contribution in [1.82, 2.24) is 5.32 Å². The number of alkyl halides is 1. The van der Waals surface area contributed by atoms with Crippen molar-refractivity contribution < 1.29 is 0 Å². The van der Waals surface area contributed by atoms with Crippen LogP contribution in [0.1, 0.15) is 78.1 Å². The minimum absolute atomic E-state index is 0.328. The Balaban J connectivity index is 2.98. The van der Waals surface area contributed by atoms with Crippen molar-refractivity contribution in [2.75, 3.05) is 13.1 Å². The maximum absolute atomic E-state index is 6.13. The van der Waals surface area contributed by atoms with Gasteiger partial charge >= 0.3 is 0 Å². The molecule has 1 nitrogen and oxygen atoms in total. The fourth-order valence-electron chi connectivity index (χ4n) is 2.06. The van der Waals surface area contributed by atoms with Gasteiger partial charge in [0.1, 0.15) is 0 Å². The van der Waals surface area contributed by atoms with Gasteiger partial charge < -0.3 is 5.32 Å². The summed E-state index contributed by atoms with van der Waals surface area (Å²) in [7, 11) is 0. The molecule has 1 atom stereocenters. The molecule has 0 aliphatic rings. The predicted octanol–water partition coefficient (Wildman–Crippen LogP) is 5.12. The number of rotatable bonds is 13. The van der Waals surface area contributed by atoms with Crippen LogP contribution in [-0.4, -0.2) is 18.5 Å². The molecular weight excluding hydrogens is 230 g/mol. The van der Waals surface area contributed by atoms with E-state index < -0.39 is 0 Å². The van der Waals surface area contributed by atoms with Gasteiger partial charge in [-0.3, -0.25) is 0 Å². The zero-order valence-electron chi connectivity index (χ0n) is 11.9. The summed E-state index contributed by atoms with van der Waals surface area (Å²) in [5.74, 6) is 0. The summed E-state index contributed by atoms with van der Waals surface area (Å²) in [5.41, 5.74) is 0. The molecule has 0 aromatic heterocycles. The largest absolute Gasteiger partial charge is 0.315 e. The quantitative estimate of drug-likeness (QED) is 0.358. The molecular formula is C15H32ClN. The molecule has 104 valence electrons. The average molecular weight is 262 g/mol. The summed E-state index contributed by atoms with van der Waals surface area (Å²) >= 11 is 6.13. The van der Waals surface area contributed by atoms with E-state index in [0.717, 1.165) is 19.5 Å². The molecule has 0 aromatic carbocycles. The van der Waals surface area contributed by atoms with E-state index in [-0.39, 0.29) is 0 Å². The molecule has 17 heavy (non-hydrogen) atoms. The van der Waals surface area contributed by atoms with Gasteiger partial charge in [0, 0.05) is 11.9 Å². The molecule has 0 radical (unpaired) electrons. The topological polar surface area (TPSA) is 12.0 Å². The monoisotopic (exact) mass is 261 g/mol. The third-order valence-corrected chi connectivity index (χ3v) is 3.55. The van der Waals surface area contributed by atoms with E-state index >= 15 is 0 Å². The number of halogens is 1. The highest BCUT2D eigenvalue weighted by molar-refractivity contribution is 6.20. The minimum atomic E-state index is 0.328. The molecule has 0 bridgehead atoms. The molecule has 0 aliphatic heterocycles. The van der Waals surface area contributed by atoms with Gasteiger partial charge in [-0.1, -0.05) is 65.2 Å². The lowest BCUT2D eigenvalue weighted by molar-refractivity contribution is 0.547. The molecule has 0 amide bonds. The van der Waals surface area contributed by atoms with Crippen molar-refractivity contribution >= 4 is 11.6 Å². The number of hydrogen-bond donors (Lipinski definition) is 1. The fourth-order valence-corrected chi connectivity index (χ4v) is 2.39. The van der Waals surface area contributed by atoms with Crippen LogP contribution in [0.25, 0.3) is 0 Å². The van der Waals surface area contributed by atoms with Crippen LogP contribution in [0.4, 0.5) is 0 Å². The summed E-state index contributed by atoms with van der Waals surface area (Å²) in [6, 6.07) is 0. The van der Waals surface area contributed by atoms with E-state index in [4.69, 9.17) is 11.6 Å². The van der Waals surface area contributed by atoms with Crippen LogP contribution in [0, 0.1) is 0 Å². The lowest BCUT2D eigenvalue weighted by atomic mass is 10.1. The molecule has 0 saturated carbocycles. The van der Waals surface area contributed by atoms with E-state index in [9.17, 15) is 0 Å². The van der Waals surface area contributed by atoms with Gasteiger partial charge in [-0.05, 0) is 19.4 Å². The molecule has 0 spiro atoms.